The number of cyclic esters (lactones) is 1. The van der Waals surface area contributed by atoms with Crippen LogP contribution >= 0.6 is 0 Å². The number of imide groups is 1. The SMILES string of the molecule is C=CC[C@H](CC#N)C(=O)N1C(=O)O[C@H](c2ccccc2)[C@@H]1C. The zero-order chi connectivity index (χ0) is 16.1. The number of allylic oxidation sites excluding steroid dienone is 1. The summed E-state index contributed by atoms with van der Waals surface area (Å²) in [6, 6.07) is 10.9. The minimum atomic E-state index is -0.654. The molecule has 3 atom stereocenters. The number of carbonyl (C=O) groups is 2. The molecule has 0 unspecified atom stereocenters. The first kappa shape index (κ1) is 15.8. The molecule has 0 spiro atoms. The van der Waals surface area contributed by atoms with E-state index in [0.29, 0.717) is 6.42 Å². The van der Waals surface area contributed by atoms with Crippen molar-refractivity contribution in [2.75, 3.05) is 0 Å². The lowest BCUT2D eigenvalue weighted by atomic mass is 9.98. The number of ether oxygens (including phenoxy) is 1. The third-order valence-corrected chi connectivity index (χ3v) is 3.77. The quantitative estimate of drug-likeness (QED) is 0.783. The highest BCUT2D eigenvalue weighted by atomic mass is 16.6. The van der Waals surface area contributed by atoms with E-state index >= 15 is 0 Å². The highest BCUT2D eigenvalue weighted by Gasteiger charge is 2.44. The fraction of sp³-hybridized carbons (Fsp3) is 0.353. The van der Waals surface area contributed by atoms with Crippen LogP contribution in [0.15, 0.2) is 43.0 Å². The van der Waals surface area contributed by atoms with Crippen molar-refractivity contribution in [1.82, 2.24) is 4.90 Å². The minimum absolute atomic E-state index is 0.0529. The molecule has 0 radical (unpaired) electrons. The van der Waals surface area contributed by atoms with Gasteiger partial charge in [0.2, 0.25) is 5.91 Å². The molecule has 0 saturated carbocycles. The van der Waals surface area contributed by atoms with Crippen LogP contribution in [0.5, 0.6) is 0 Å². The number of benzene rings is 1. The van der Waals surface area contributed by atoms with Crippen molar-refractivity contribution in [3.63, 3.8) is 0 Å². The Bertz CT molecular complexity index is 606. The van der Waals surface area contributed by atoms with Crippen LogP contribution in [0.1, 0.15) is 31.4 Å². The largest absolute Gasteiger partial charge is 0.439 e. The molecule has 22 heavy (non-hydrogen) atoms. The second kappa shape index (κ2) is 6.90. The van der Waals surface area contributed by atoms with E-state index in [-0.39, 0.29) is 12.3 Å². The van der Waals surface area contributed by atoms with Crippen LogP contribution in [0.2, 0.25) is 0 Å². The van der Waals surface area contributed by atoms with Crippen molar-refractivity contribution in [1.29, 1.82) is 5.26 Å². The van der Waals surface area contributed by atoms with Gasteiger partial charge in [0, 0.05) is 6.42 Å². The minimum Gasteiger partial charge on any atom is -0.439 e. The standard InChI is InChI=1S/C17H18N2O3/c1-3-7-14(10-11-18)16(20)19-12(2)15(22-17(19)21)13-8-5-4-6-9-13/h3-6,8-9,12,14-15H,1,7,10H2,2H3/t12-,14+,15-/m0/s1. The van der Waals surface area contributed by atoms with Gasteiger partial charge < -0.3 is 4.74 Å². The highest BCUT2D eigenvalue weighted by Crippen LogP contribution is 2.33. The number of nitrogens with zero attached hydrogens (tertiary/aromatic N) is 2. The number of hydrogen-bond acceptors (Lipinski definition) is 4. The van der Waals surface area contributed by atoms with Crippen molar-refractivity contribution in [3.8, 4) is 6.07 Å². The molecule has 114 valence electrons. The Morgan fingerprint density at radius 2 is 2.18 bits per heavy atom. The smallest absolute Gasteiger partial charge is 0.417 e. The van der Waals surface area contributed by atoms with Gasteiger partial charge in [-0.05, 0) is 18.9 Å². The molecule has 0 bridgehead atoms. The van der Waals surface area contributed by atoms with Gasteiger partial charge in [-0.1, -0.05) is 36.4 Å². The van der Waals surface area contributed by atoms with E-state index < -0.39 is 24.2 Å². The summed E-state index contributed by atoms with van der Waals surface area (Å²) in [5, 5.41) is 8.85. The fourth-order valence-corrected chi connectivity index (χ4v) is 2.63. The van der Waals surface area contributed by atoms with Crippen molar-refractivity contribution in [2.45, 2.75) is 31.9 Å². The van der Waals surface area contributed by atoms with Crippen molar-refractivity contribution in [3.05, 3.63) is 48.6 Å². The molecule has 5 heteroatoms. The molecule has 1 aliphatic rings. The maximum atomic E-state index is 12.5. The number of amides is 2. The maximum absolute atomic E-state index is 12.5. The van der Waals surface area contributed by atoms with Gasteiger partial charge in [0.05, 0.1) is 18.0 Å². The molecular formula is C17H18N2O3. The van der Waals surface area contributed by atoms with Crippen molar-refractivity contribution in [2.24, 2.45) is 5.92 Å². The first-order chi connectivity index (χ1) is 10.6. The van der Waals surface area contributed by atoms with Gasteiger partial charge in [-0.3, -0.25) is 4.79 Å². The summed E-state index contributed by atoms with van der Waals surface area (Å²) in [5.74, 6) is -0.940. The fourth-order valence-electron chi connectivity index (χ4n) is 2.63. The lowest BCUT2D eigenvalue weighted by molar-refractivity contribution is -0.133. The van der Waals surface area contributed by atoms with Crippen LogP contribution in [0, 0.1) is 17.2 Å². The van der Waals surface area contributed by atoms with Crippen LogP contribution < -0.4 is 0 Å². The Morgan fingerprint density at radius 1 is 1.50 bits per heavy atom. The molecule has 1 aromatic rings. The Morgan fingerprint density at radius 3 is 2.77 bits per heavy atom. The third-order valence-electron chi connectivity index (χ3n) is 3.77. The van der Waals surface area contributed by atoms with E-state index in [4.69, 9.17) is 10.00 Å². The molecule has 1 fully saturated rings. The van der Waals surface area contributed by atoms with E-state index in [1.807, 2.05) is 36.4 Å². The Hall–Kier alpha value is -2.61. The number of carbonyl (C=O) groups excluding carboxylic acids is 2. The molecule has 0 aliphatic carbocycles. The summed E-state index contributed by atoms with van der Waals surface area (Å²) in [7, 11) is 0. The molecule has 0 N–H and O–H groups in total. The predicted octanol–water partition coefficient (Wildman–Crippen LogP) is 3.20. The van der Waals surface area contributed by atoms with Crippen LogP contribution in [0.4, 0.5) is 4.79 Å². The summed E-state index contributed by atoms with van der Waals surface area (Å²) < 4.78 is 5.36. The van der Waals surface area contributed by atoms with Gasteiger partial charge in [0.15, 0.2) is 0 Å². The number of nitriles is 1. The van der Waals surface area contributed by atoms with Gasteiger partial charge in [0.1, 0.15) is 6.10 Å². The van der Waals surface area contributed by atoms with Gasteiger partial charge in [-0.15, -0.1) is 6.58 Å². The Kier molecular flexibility index (Phi) is 4.95. The summed E-state index contributed by atoms with van der Waals surface area (Å²) in [6.45, 7) is 5.37. The van der Waals surface area contributed by atoms with Gasteiger partial charge in [-0.25, -0.2) is 9.69 Å². The Labute approximate surface area is 129 Å². The van der Waals surface area contributed by atoms with Crippen molar-refractivity contribution >= 4 is 12.0 Å². The molecule has 1 aromatic carbocycles. The van der Waals surface area contributed by atoms with Crippen LogP contribution in [0.25, 0.3) is 0 Å². The molecular weight excluding hydrogens is 280 g/mol. The normalized spacial score (nSPS) is 21.8. The van der Waals surface area contributed by atoms with Crippen molar-refractivity contribution < 1.29 is 14.3 Å². The molecule has 1 saturated heterocycles. The van der Waals surface area contributed by atoms with E-state index in [9.17, 15) is 9.59 Å². The first-order valence-corrected chi connectivity index (χ1v) is 7.16. The second-order valence-corrected chi connectivity index (χ2v) is 5.25. The summed E-state index contributed by atoms with van der Waals surface area (Å²) in [4.78, 5) is 25.8. The van der Waals surface area contributed by atoms with E-state index in [2.05, 4.69) is 6.58 Å². The zero-order valence-electron chi connectivity index (χ0n) is 12.4. The van der Waals surface area contributed by atoms with Gasteiger partial charge >= 0.3 is 6.09 Å². The summed E-state index contributed by atoms with van der Waals surface area (Å²) >= 11 is 0. The molecule has 0 aromatic heterocycles. The van der Waals surface area contributed by atoms with Gasteiger partial charge in [0.25, 0.3) is 0 Å². The maximum Gasteiger partial charge on any atom is 0.417 e. The van der Waals surface area contributed by atoms with Gasteiger partial charge in [-0.2, -0.15) is 5.26 Å². The monoisotopic (exact) mass is 298 g/mol. The third kappa shape index (κ3) is 3.01. The average Bonchev–Trinajstić information content (AvgIpc) is 2.82. The lowest BCUT2D eigenvalue weighted by Crippen LogP contribution is -2.41. The molecule has 2 amide bonds. The number of rotatable bonds is 5. The predicted molar refractivity (Wildman–Crippen MR) is 80.5 cm³/mol. The lowest BCUT2D eigenvalue weighted by Gasteiger charge is -2.22. The molecule has 5 nitrogen and oxygen atoms in total. The van der Waals surface area contributed by atoms with Crippen LogP contribution in [-0.2, 0) is 9.53 Å². The molecule has 1 heterocycles. The zero-order valence-corrected chi connectivity index (χ0v) is 12.4. The average molecular weight is 298 g/mol. The highest BCUT2D eigenvalue weighted by molar-refractivity contribution is 5.95. The van der Waals surface area contributed by atoms with Crippen LogP contribution in [0.3, 0.4) is 0 Å². The van der Waals surface area contributed by atoms with E-state index in [0.717, 1.165) is 10.5 Å². The molecule has 1 aliphatic heterocycles. The van der Waals surface area contributed by atoms with Crippen LogP contribution in [-0.4, -0.2) is 22.9 Å². The second-order valence-electron chi connectivity index (χ2n) is 5.25. The van der Waals surface area contributed by atoms with E-state index in [1.165, 1.54) is 0 Å². The topological polar surface area (TPSA) is 70.4 Å². The summed E-state index contributed by atoms with van der Waals surface area (Å²) in [6.07, 6.45) is 0.860. The molecule has 2 rings (SSSR count). The first-order valence-electron chi connectivity index (χ1n) is 7.16. The van der Waals surface area contributed by atoms with E-state index in [1.54, 1.807) is 13.0 Å². The Balaban J connectivity index is 2.21. The number of hydrogen-bond donors (Lipinski definition) is 0. The summed E-state index contributed by atoms with van der Waals surface area (Å²) in [5.41, 5.74) is 0.846.